The van der Waals surface area contributed by atoms with Gasteiger partial charge in [-0.3, -0.25) is 9.89 Å². The molecule has 0 spiro atoms. The topological polar surface area (TPSA) is 78.9 Å². The van der Waals surface area contributed by atoms with E-state index in [9.17, 15) is 4.79 Å². The quantitative estimate of drug-likeness (QED) is 0.746. The zero-order valence-corrected chi connectivity index (χ0v) is 7.60. The van der Waals surface area contributed by atoms with Crippen LogP contribution in [-0.4, -0.2) is 26.3 Å². The maximum Gasteiger partial charge on any atom is 0.307 e. The summed E-state index contributed by atoms with van der Waals surface area (Å²) in [4.78, 5) is 15.0. The van der Waals surface area contributed by atoms with E-state index in [1.807, 2.05) is 0 Å². The van der Waals surface area contributed by atoms with E-state index in [0.717, 1.165) is 11.6 Å². The molecule has 2 atom stereocenters. The van der Waals surface area contributed by atoms with Crippen LogP contribution < -0.4 is 0 Å². The van der Waals surface area contributed by atoms with Crippen molar-refractivity contribution in [1.29, 1.82) is 0 Å². The molecule has 0 radical (unpaired) electrons. The number of H-pyrrole nitrogens is 1. The van der Waals surface area contributed by atoms with Crippen LogP contribution in [0.25, 0.3) is 0 Å². The van der Waals surface area contributed by atoms with Gasteiger partial charge in [0.2, 0.25) is 0 Å². The van der Waals surface area contributed by atoms with E-state index in [2.05, 4.69) is 15.2 Å². The summed E-state index contributed by atoms with van der Waals surface area (Å²) < 4.78 is 0. The van der Waals surface area contributed by atoms with Crippen LogP contribution in [0.15, 0.2) is 0 Å². The molecule has 2 N–H and O–H groups in total. The Morgan fingerprint density at radius 2 is 2.29 bits per heavy atom. The Labute approximate surface area is 80.5 Å². The molecule has 2 aliphatic carbocycles. The Balaban J connectivity index is 1.75. The monoisotopic (exact) mass is 193 g/mol. The van der Waals surface area contributed by atoms with Gasteiger partial charge in [-0.25, -0.2) is 4.98 Å². The number of rotatable bonds is 3. The largest absolute Gasteiger partial charge is 0.481 e. The second-order valence-corrected chi connectivity index (χ2v) is 4.14. The molecule has 0 saturated heterocycles. The van der Waals surface area contributed by atoms with Crippen LogP contribution in [0.5, 0.6) is 0 Å². The zero-order chi connectivity index (χ0) is 9.71. The number of aromatic nitrogens is 3. The minimum absolute atomic E-state index is 0.0764. The summed E-state index contributed by atoms with van der Waals surface area (Å²) >= 11 is 0. The Bertz CT molecular complexity index is 383. The fourth-order valence-corrected chi connectivity index (χ4v) is 1.75. The summed E-state index contributed by atoms with van der Waals surface area (Å²) in [5, 5.41) is 15.7. The third-order valence-electron chi connectivity index (χ3n) is 2.92. The lowest BCUT2D eigenvalue weighted by Crippen LogP contribution is -1.99. The minimum Gasteiger partial charge on any atom is -0.481 e. The average molecular weight is 193 g/mol. The van der Waals surface area contributed by atoms with Crippen molar-refractivity contribution in [2.75, 3.05) is 0 Å². The van der Waals surface area contributed by atoms with E-state index in [-0.39, 0.29) is 11.8 Å². The van der Waals surface area contributed by atoms with E-state index < -0.39 is 5.97 Å². The Kier molecular flexibility index (Phi) is 1.45. The molecule has 0 aromatic carbocycles. The second-order valence-electron chi connectivity index (χ2n) is 4.14. The number of hydrogen-bond donors (Lipinski definition) is 2. The molecule has 3 rings (SSSR count). The molecule has 1 heterocycles. The molecule has 1 aromatic rings. The summed E-state index contributed by atoms with van der Waals surface area (Å²) in [5.41, 5.74) is 0. The van der Waals surface area contributed by atoms with Crippen molar-refractivity contribution >= 4 is 5.97 Å². The van der Waals surface area contributed by atoms with Crippen LogP contribution in [0, 0.1) is 5.92 Å². The number of carboxylic acid groups (broad SMARTS) is 1. The molecule has 0 aliphatic heterocycles. The van der Waals surface area contributed by atoms with Crippen LogP contribution in [-0.2, 0) is 4.79 Å². The number of hydrogen-bond acceptors (Lipinski definition) is 3. The summed E-state index contributed by atoms with van der Waals surface area (Å²) in [6, 6.07) is 0. The SMILES string of the molecule is O=C(O)C1CC1c1nc(C2CC2)n[nH]1. The van der Waals surface area contributed by atoms with Gasteiger partial charge < -0.3 is 5.11 Å². The van der Waals surface area contributed by atoms with E-state index in [1.165, 1.54) is 12.8 Å². The molecule has 1 aromatic heterocycles. The number of carbonyl (C=O) groups is 1. The fraction of sp³-hybridized carbons (Fsp3) is 0.667. The normalized spacial score (nSPS) is 30.3. The lowest BCUT2D eigenvalue weighted by molar-refractivity contribution is -0.138. The molecule has 2 saturated carbocycles. The lowest BCUT2D eigenvalue weighted by Gasteiger charge is -1.88. The highest BCUT2D eigenvalue weighted by Gasteiger charge is 2.46. The first-order valence-electron chi connectivity index (χ1n) is 4.90. The number of aromatic amines is 1. The molecular weight excluding hydrogens is 182 g/mol. The number of carboxylic acids is 1. The Morgan fingerprint density at radius 1 is 1.50 bits per heavy atom. The number of nitrogens with zero attached hydrogens (tertiary/aromatic N) is 2. The smallest absolute Gasteiger partial charge is 0.307 e. The van der Waals surface area contributed by atoms with Gasteiger partial charge in [0.25, 0.3) is 0 Å². The summed E-state index contributed by atoms with van der Waals surface area (Å²) in [6.45, 7) is 0. The van der Waals surface area contributed by atoms with Gasteiger partial charge in [-0.1, -0.05) is 0 Å². The van der Waals surface area contributed by atoms with Gasteiger partial charge in [0, 0.05) is 11.8 Å². The van der Waals surface area contributed by atoms with Crippen LogP contribution in [0.3, 0.4) is 0 Å². The van der Waals surface area contributed by atoms with Crippen LogP contribution >= 0.6 is 0 Å². The van der Waals surface area contributed by atoms with Crippen molar-refractivity contribution in [2.45, 2.75) is 31.1 Å². The lowest BCUT2D eigenvalue weighted by atomic mass is 10.3. The highest BCUT2D eigenvalue weighted by Crippen LogP contribution is 2.47. The van der Waals surface area contributed by atoms with Gasteiger partial charge in [0.05, 0.1) is 5.92 Å². The molecule has 0 amide bonds. The van der Waals surface area contributed by atoms with Gasteiger partial charge in [0.1, 0.15) is 5.82 Å². The van der Waals surface area contributed by atoms with Gasteiger partial charge in [-0.05, 0) is 19.3 Å². The average Bonchev–Trinajstić information content (AvgIpc) is 3.05. The summed E-state index contributed by atoms with van der Waals surface area (Å²) in [5.74, 6) is 1.28. The standard InChI is InChI=1S/C9H11N3O2/c13-9(14)6-3-5(6)8-10-7(11-12-8)4-1-2-4/h4-6H,1-3H2,(H,13,14)(H,10,11,12). The molecule has 14 heavy (non-hydrogen) atoms. The van der Waals surface area contributed by atoms with Crippen molar-refractivity contribution in [1.82, 2.24) is 15.2 Å². The van der Waals surface area contributed by atoms with Crippen LogP contribution in [0.4, 0.5) is 0 Å². The van der Waals surface area contributed by atoms with Crippen molar-refractivity contribution in [2.24, 2.45) is 5.92 Å². The fourth-order valence-electron chi connectivity index (χ4n) is 1.75. The molecule has 74 valence electrons. The Hall–Kier alpha value is -1.39. The molecule has 2 fully saturated rings. The van der Waals surface area contributed by atoms with Gasteiger partial charge in [0.15, 0.2) is 5.82 Å². The maximum atomic E-state index is 10.6. The minimum atomic E-state index is -0.723. The van der Waals surface area contributed by atoms with Gasteiger partial charge in [-0.15, -0.1) is 0 Å². The third kappa shape index (κ3) is 1.20. The summed E-state index contributed by atoms with van der Waals surface area (Å²) in [7, 11) is 0. The first-order chi connectivity index (χ1) is 6.75. The van der Waals surface area contributed by atoms with Crippen molar-refractivity contribution in [3.8, 4) is 0 Å². The van der Waals surface area contributed by atoms with E-state index in [0.29, 0.717) is 12.3 Å². The second kappa shape index (κ2) is 2.56. The van der Waals surface area contributed by atoms with Crippen LogP contribution in [0.2, 0.25) is 0 Å². The molecule has 2 aliphatic rings. The maximum absolute atomic E-state index is 10.6. The van der Waals surface area contributed by atoms with Gasteiger partial charge >= 0.3 is 5.97 Å². The Morgan fingerprint density at radius 3 is 2.86 bits per heavy atom. The van der Waals surface area contributed by atoms with Crippen molar-refractivity contribution < 1.29 is 9.90 Å². The molecule has 5 heteroatoms. The number of aliphatic carboxylic acids is 1. The molecule has 2 unspecified atom stereocenters. The van der Waals surface area contributed by atoms with E-state index in [1.54, 1.807) is 0 Å². The predicted molar refractivity (Wildman–Crippen MR) is 46.8 cm³/mol. The third-order valence-corrected chi connectivity index (χ3v) is 2.92. The highest BCUT2D eigenvalue weighted by atomic mass is 16.4. The number of nitrogens with one attached hydrogen (secondary N) is 1. The first-order valence-corrected chi connectivity index (χ1v) is 4.90. The van der Waals surface area contributed by atoms with E-state index in [4.69, 9.17) is 5.11 Å². The van der Waals surface area contributed by atoms with Crippen molar-refractivity contribution in [3.05, 3.63) is 11.6 Å². The van der Waals surface area contributed by atoms with Gasteiger partial charge in [-0.2, -0.15) is 5.10 Å². The van der Waals surface area contributed by atoms with Crippen LogP contribution in [0.1, 0.15) is 42.7 Å². The van der Waals surface area contributed by atoms with E-state index >= 15 is 0 Å². The van der Waals surface area contributed by atoms with Crippen molar-refractivity contribution in [3.63, 3.8) is 0 Å². The molecule has 5 nitrogen and oxygen atoms in total. The predicted octanol–water partition coefficient (Wildman–Crippen LogP) is 0.870. The molecular formula is C9H11N3O2. The highest BCUT2D eigenvalue weighted by molar-refractivity contribution is 5.74. The zero-order valence-electron chi connectivity index (χ0n) is 7.60. The summed E-state index contributed by atoms with van der Waals surface area (Å²) in [6.07, 6.45) is 3.04. The first kappa shape index (κ1) is 7.96. The molecule has 0 bridgehead atoms.